The molecule has 0 radical (unpaired) electrons. The number of rotatable bonds is 6. The van der Waals surface area contributed by atoms with Crippen molar-refractivity contribution in [1.82, 2.24) is 9.80 Å². The van der Waals surface area contributed by atoms with Crippen molar-refractivity contribution in [3.63, 3.8) is 0 Å². The molecule has 2 saturated heterocycles. The molecule has 1 unspecified atom stereocenters. The summed E-state index contributed by atoms with van der Waals surface area (Å²) in [6, 6.07) is 9.08. The predicted octanol–water partition coefficient (Wildman–Crippen LogP) is 2.53. The minimum Gasteiger partial charge on any atom is -0.385 e. The summed E-state index contributed by atoms with van der Waals surface area (Å²) in [6.45, 7) is 7.05. The Morgan fingerprint density at radius 3 is 2.63 bits per heavy atom. The number of hydrogen-bond acceptors (Lipinski definition) is 7. The maximum atomic E-state index is 6.17. The molecule has 2 atom stereocenters. The summed E-state index contributed by atoms with van der Waals surface area (Å²) in [5.74, 6) is 1.63. The molecule has 0 bridgehead atoms. The molecule has 164 valence electrons. The molecule has 1 aromatic rings. The number of nitrogens with two attached hydrogens (primary N) is 1. The summed E-state index contributed by atoms with van der Waals surface area (Å²) < 4.78 is 11.8. The zero-order valence-corrected chi connectivity index (χ0v) is 18.4. The molecule has 0 saturated carbocycles. The largest absolute Gasteiger partial charge is 0.385 e. The third-order valence-corrected chi connectivity index (χ3v) is 6.48. The standard InChI is InChI=1S/C22H32ClN5O2/c1-2-29-15-20-13-28(19(14-30-20)11-16-3-5-17(23)6-4-16)18-7-9-27(10-8-18)22-12-21(24)25-26-22/h3-6,18-20H,2,7-15H2,1H3,(H2,24,25)/t19?,20-/m1/s1. The van der Waals surface area contributed by atoms with Gasteiger partial charge in [-0.25, -0.2) is 0 Å². The molecule has 1 aromatic carbocycles. The van der Waals surface area contributed by atoms with Crippen molar-refractivity contribution < 1.29 is 9.47 Å². The lowest BCUT2D eigenvalue weighted by Crippen LogP contribution is -2.58. The van der Waals surface area contributed by atoms with Crippen LogP contribution < -0.4 is 5.73 Å². The Bertz CT molecular complexity index is 761. The van der Waals surface area contributed by atoms with E-state index in [2.05, 4.69) is 32.1 Å². The Morgan fingerprint density at radius 2 is 1.97 bits per heavy atom. The zero-order valence-electron chi connectivity index (χ0n) is 17.7. The zero-order chi connectivity index (χ0) is 20.9. The number of amidine groups is 2. The summed E-state index contributed by atoms with van der Waals surface area (Å²) in [6.07, 6.45) is 4.00. The van der Waals surface area contributed by atoms with Gasteiger partial charge >= 0.3 is 0 Å². The summed E-state index contributed by atoms with van der Waals surface area (Å²) in [7, 11) is 0. The molecule has 30 heavy (non-hydrogen) atoms. The van der Waals surface area contributed by atoms with Gasteiger partial charge in [0.2, 0.25) is 0 Å². The monoisotopic (exact) mass is 433 g/mol. The average Bonchev–Trinajstić information content (AvgIpc) is 3.21. The lowest BCUT2D eigenvalue weighted by molar-refractivity contribution is -0.109. The van der Waals surface area contributed by atoms with E-state index in [9.17, 15) is 0 Å². The van der Waals surface area contributed by atoms with Gasteiger partial charge in [-0.2, -0.15) is 0 Å². The van der Waals surface area contributed by atoms with Gasteiger partial charge in [-0.3, -0.25) is 4.90 Å². The van der Waals surface area contributed by atoms with Crippen LogP contribution >= 0.6 is 11.6 Å². The maximum absolute atomic E-state index is 6.17. The van der Waals surface area contributed by atoms with Gasteiger partial charge in [-0.15, -0.1) is 10.2 Å². The lowest BCUT2D eigenvalue weighted by Gasteiger charge is -2.47. The Hall–Kier alpha value is -1.67. The summed E-state index contributed by atoms with van der Waals surface area (Å²) in [5, 5.41) is 9.02. The molecule has 2 fully saturated rings. The Kier molecular flexibility index (Phi) is 7.25. The molecular weight excluding hydrogens is 402 g/mol. The normalized spacial score (nSPS) is 26.0. The molecule has 8 heteroatoms. The van der Waals surface area contributed by atoms with E-state index in [-0.39, 0.29) is 6.10 Å². The first-order chi connectivity index (χ1) is 14.6. The number of benzene rings is 1. The van der Waals surface area contributed by atoms with Crippen molar-refractivity contribution in [1.29, 1.82) is 0 Å². The van der Waals surface area contributed by atoms with Crippen LogP contribution in [0.3, 0.4) is 0 Å². The van der Waals surface area contributed by atoms with E-state index in [0.29, 0.717) is 30.9 Å². The van der Waals surface area contributed by atoms with Crippen LogP contribution in [0.15, 0.2) is 34.5 Å². The smallest absolute Gasteiger partial charge is 0.135 e. The molecule has 0 aromatic heterocycles. The highest BCUT2D eigenvalue weighted by Crippen LogP contribution is 2.26. The minimum atomic E-state index is 0.136. The predicted molar refractivity (Wildman–Crippen MR) is 120 cm³/mol. The second-order valence-electron chi connectivity index (χ2n) is 8.30. The van der Waals surface area contributed by atoms with Gasteiger partial charge in [0.05, 0.1) is 25.7 Å². The molecule has 3 heterocycles. The highest BCUT2D eigenvalue weighted by atomic mass is 35.5. The van der Waals surface area contributed by atoms with Crippen molar-refractivity contribution >= 4 is 23.3 Å². The van der Waals surface area contributed by atoms with Gasteiger partial charge in [0.15, 0.2) is 0 Å². The first-order valence-electron chi connectivity index (χ1n) is 11.0. The quantitative estimate of drug-likeness (QED) is 0.746. The van der Waals surface area contributed by atoms with E-state index in [1.807, 2.05) is 19.1 Å². The number of halogens is 1. The number of nitrogens with zero attached hydrogens (tertiary/aromatic N) is 4. The van der Waals surface area contributed by atoms with E-state index in [4.69, 9.17) is 26.8 Å². The Morgan fingerprint density at radius 1 is 1.20 bits per heavy atom. The Labute approximate surface area is 183 Å². The van der Waals surface area contributed by atoms with Gasteiger partial charge in [0.25, 0.3) is 0 Å². The van der Waals surface area contributed by atoms with Gasteiger partial charge in [0, 0.05) is 43.3 Å². The fraction of sp³-hybridized carbons (Fsp3) is 0.636. The van der Waals surface area contributed by atoms with E-state index in [0.717, 1.165) is 63.0 Å². The van der Waals surface area contributed by atoms with Crippen molar-refractivity contribution in [2.75, 3.05) is 39.5 Å². The molecule has 2 N–H and O–H groups in total. The lowest BCUT2D eigenvalue weighted by atomic mass is 9.96. The first-order valence-corrected chi connectivity index (χ1v) is 11.3. The van der Waals surface area contributed by atoms with E-state index in [1.165, 1.54) is 5.56 Å². The number of morpholine rings is 1. The highest BCUT2D eigenvalue weighted by molar-refractivity contribution is 6.30. The van der Waals surface area contributed by atoms with Crippen LogP contribution in [0.5, 0.6) is 0 Å². The number of likely N-dealkylation sites (tertiary alicyclic amines) is 1. The SMILES string of the molecule is CCOC[C@H]1CN(C2CCN(C3=NN=C(N)C3)CC2)C(Cc2ccc(Cl)cc2)CO1. The van der Waals surface area contributed by atoms with Gasteiger partial charge in [-0.1, -0.05) is 23.7 Å². The highest BCUT2D eigenvalue weighted by Gasteiger charge is 2.36. The third-order valence-electron chi connectivity index (χ3n) is 6.23. The number of piperidine rings is 1. The van der Waals surface area contributed by atoms with Crippen molar-refractivity contribution in [2.45, 2.75) is 50.8 Å². The molecule has 3 aliphatic rings. The summed E-state index contributed by atoms with van der Waals surface area (Å²) >= 11 is 6.07. The van der Waals surface area contributed by atoms with Gasteiger partial charge < -0.3 is 20.1 Å². The van der Waals surface area contributed by atoms with Crippen LogP contribution in [0.4, 0.5) is 0 Å². The van der Waals surface area contributed by atoms with Gasteiger partial charge in [-0.05, 0) is 43.9 Å². The van der Waals surface area contributed by atoms with Crippen molar-refractivity contribution in [3.8, 4) is 0 Å². The second kappa shape index (κ2) is 10.1. The van der Waals surface area contributed by atoms with Crippen LogP contribution in [-0.2, 0) is 15.9 Å². The molecule has 7 nitrogen and oxygen atoms in total. The number of ether oxygens (including phenoxy) is 2. The van der Waals surface area contributed by atoms with Crippen LogP contribution in [0.25, 0.3) is 0 Å². The van der Waals surface area contributed by atoms with E-state index in [1.54, 1.807) is 0 Å². The van der Waals surface area contributed by atoms with Gasteiger partial charge in [0.1, 0.15) is 11.7 Å². The fourth-order valence-electron chi connectivity index (χ4n) is 4.63. The average molecular weight is 434 g/mol. The number of hydrogen-bond donors (Lipinski definition) is 1. The van der Waals surface area contributed by atoms with E-state index < -0.39 is 0 Å². The van der Waals surface area contributed by atoms with Crippen LogP contribution in [0, 0.1) is 0 Å². The van der Waals surface area contributed by atoms with Crippen LogP contribution in [-0.4, -0.2) is 79.1 Å². The maximum Gasteiger partial charge on any atom is 0.135 e. The molecule has 3 aliphatic heterocycles. The first kappa shape index (κ1) is 21.6. The van der Waals surface area contributed by atoms with Crippen molar-refractivity contribution in [2.24, 2.45) is 15.9 Å². The third kappa shape index (κ3) is 5.32. The molecule has 0 amide bonds. The topological polar surface area (TPSA) is 75.7 Å². The van der Waals surface area contributed by atoms with Crippen LogP contribution in [0.2, 0.25) is 5.02 Å². The Balaban J connectivity index is 1.40. The van der Waals surface area contributed by atoms with Crippen molar-refractivity contribution in [3.05, 3.63) is 34.9 Å². The molecule has 4 rings (SSSR count). The summed E-state index contributed by atoms with van der Waals surface area (Å²) in [5.41, 5.74) is 7.10. The summed E-state index contributed by atoms with van der Waals surface area (Å²) in [4.78, 5) is 5.01. The molecular formula is C22H32ClN5O2. The molecule has 0 spiro atoms. The minimum absolute atomic E-state index is 0.136. The second-order valence-corrected chi connectivity index (χ2v) is 8.74. The van der Waals surface area contributed by atoms with E-state index >= 15 is 0 Å². The molecule has 0 aliphatic carbocycles. The van der Waals surface area contributed by atoms with Crippen LogP contribution in [0.1, 0.15) is 31.7 Å². The fourth-order valence-corrected chi connectivity index (χ4v) is 4.76.